The first-order valence-corrected chi connectivity index (χ1v) is 8.57. The van der Waals surface area contributed by atoms with Crippen LogP contribution in [0.15, 0.2) is 48.6 Å². The van der Waals surface area contributed by atoms with Crippen LogP contribution in [0.3, 0.4) is 0 Å². The van der Waals surface area contributed by atoms with Gasteiger partial charge in [0.1, 0.15) is 22.8 Å². The van der Waals surface area contributed by atoms with Gasteiger partial charge >= 0.3 is 0 Å². The summed E-state index contributed by atoms with van der Waals surface area (Å²) in [5.74, 6) is 0.813. The second-order valence-corrected chi connectivity index (χ2v) is 6.76. The average Bonchev–Trinajstić information content (AvgIpc) is 2.64. The summed E-state index contributed by atoms with van der Waals surface area (Å²) in [5, 5.41) is 10.1. The lowest BCUT2D eigenvalue weighted by Gasteiger charge is -2.27. The van der Waals surface area contributed by atoms with Gasteiger partial charge in [0.05, 0.1) is 5.56 Å². The summed E-state index contributed by atoms with van der Waals surface area (Å²) in [6.45, 7) is 4.06. The molecule has 0 unspecified atom stereocenters. The number of phenols is 1. The minimum absolute atomic E-state index is 0.0697. The molecule has 140 valence electrons. The molecule has 0 amide bonds. The predicted octanol–water partition coefficient (Wildman–Crippen LogP) is 4.46. The van der Waals surface area contributed by atoms with Crippen LogP contribution in [0.1, 0.15) is 35.3 Å². The fraction of sp³-hybridized carbons (Fsp3) is 0.227. The molecule has 0 fully saturated rings. The normalized spacial score (nSPS) is 14.6. The van der Waals surface area contributed by atoms with Crippen LogP contribution in [-0.2, 0) is 4.74 Å². The second-order valence-electron chi connectivity index (χ2n) is 6.76. The van der Waals surface area contributed by atoms with Crippen molar-refractivity contribution in [2.75, 3.05) is 13.9 Å². The highest BCUT2D eigenvalue weighted by Gasteiger charge is 2.21. The van der Waals surface area contributed by atoms with E-state index in [-0.39, 0.29) is 29.5 Å². The minimum atomic E-state index is -0.322. The van der Waals surface area contributed by atoms with Gasteiger partial charge < -0.3 is 19.3 Å². The number of ether oxygens (including phenoxy) is 3. The molecule has 0 radical (unpaired) electrons. The van der Waals surface area contributed by atoms with Crippen molar-refractivity contribution in [1.29, 1.82) is 0 Å². The molecule has 2 aromatic carbocycles. The van der Waals surface area contributed by atoms with E-state index in [1.807, 2.05) is 44.2 Å². The van der Waals surface area contributed by atoms with E-state index in [0.717, 1.165) is 16.9 Å². The smallest absolute Gasteiger partial charge is 0.189 e. The van der Waals surface area contributed by atoms with E-state index in [9.17, 15) is 9.90 Å². The quantitative estimate of drug-likeness (QED) is 0.465. The van der Waals surface area contributed by atoms with E-state index in [0.29, 0.717) is 5.75 Å². The van der Waals surface area contributed by atoms with Crippen molar-refractivity contribution < 1.29 is 24.1 Å². The molecule has 1 N–H and O–H groups in total. The number of aromatic hydroxyl groups is 1. The second kappa shape index (κ2) is 7.68. The number of rotatable bonds is 6. The van der Waals surface area contributed by atoms with Gasteiger partial charge in [0.25, 0.3) is 0 Å². The Kier molecular flexibility index (Phi) is 5.33. The summed E-state index contributed by atoms with van der Waals surface area (Å²) in [4.78, 5) is 12.4. The zero-order valence-electron chi connectivity index (χ0n) is 15.6. The molecule has 0 aliphatic carbocycles. The Labute approximate surface area is 158 Å². The maximum Gasteiger partial charge on any atom is 0.189 e. The van der Waals surface area contributed by atoms with E-state index in [1.54, 1.807) is 12.1 Å². The molecule has 3 rings (SSSR count). The molecule has 5 heteroatoms. The topological polar surface area (TPSA) is 65.0 Å². The molecule has 0 saturated heterocycles. The summed E-state index contributed by atoms with van der Waals surface area (Å²) in [6, 6.07) is 10.3. The van der Waals surface area contributed by atoms with Crippen molar-refractivity contribution in [3.63, 3.8) is 0 Å². The third-order valence-electron chi connectivity index (χ3n) is 4.08. The number of hydrogen-bond donors (Lipinski definition) is 1. The van der Waals surface area contributed by atoms with Gasteiger partial charge in [0.2, 0.25) is 0 Å². The highest BCUT2D eigenvalue weighted by atomic mass is 16.7. The SMILES string of the molecule is COCOc1ccc(C(=O)/C=C/c2ccc3c(c2)C=CC(C)(C)O3)c(O)c1. The van der Waals surface area contributed by atoms with Crippen LogP contribution in [0.5, 0.6) is 17.2 Å². The molecule has 1 aliphatic heterocycles. The van der Waals surface area contributed by atoms with Crippen molar-refractivity contribution in [2.24, 2.45) is 0 Å². The molecule has 0 aromatic heterocycles. The third kappa shape index (κ3) is 4.57. The molecule has 1 aliphatic rings. The number of carbonyl (C=O) groups is 1. The van der Waals surface area contributed by atoms with Crippen LogP contribution in [-0.4, -0.2) is 30.4 Å². The summed E-state index contributed by atoms with van der Waals surface area (Å²) >= 11 is 0. The maximum absolute atomic E-state index is 12.4. The van der Waals surface area contributed by atoms with E-state index in [4.69, 9.17) is 14.2 Å². The molecule has 0 bridgehead atoms. The summed E-state index contributed by atoms with van der Waals surface area (Å²) in [5.41, 5.74) is 1.72. The first kappa shape index (κ1) is 18.7. The average molecular weight is 366 g/mol. The van der Waals surface area contributed by atoms with Crippen molar-refractivity contribution in [1.82, 2.24) is 0 Å². The zero-order valence-corrected chi connectivity index (χ0v) is 15.6. The molecule has 0 saturated carbocycles. The van der Waals surface area contributed by atoms with E-state index in [2.05, 4.69) is 0 Å². The van der Waals surface area contributed by atoms with E-state index in [1.165, 1.54) is 25.3 Å². The lowest BCUT2D eigenvalue weighted by atomic mass is 10.0. The minimum Gasteiger partial charge on any atom is -0.507 e. The van der Waals surface area contributed by atoms with Gasteiger partial charge in [0, 0.05) is 18.7 Å². The molecular weight excluding hydrogens is 344 g/mol. The molecule has 1 heterocycles. The van der Waals surface area contributed by atoms with Gasteiger partial charge in [-0.1, -0.05) is 18.2 Å². The zero-order chi connectivity index (χ0) is 19.4. The van der Waals surface area contributed by atoms with E-state index >= 15 is 0 Å². The van der Waals surface area contributed by atoms with Crippen LogP contribution >= 0.6 is 0 Å². The Morgan fingerprint density at radius 2 is 2.04 bits per heavy atom. The summed E-state index contributed by atoms with van der Waals surface area (Å²) < 4.78 is 15.9. The largest absolute Gasteiger partial charge is 0.507 e. The highest BCUT2D eigenvalue weighted by molar-refractivity contribution is 6.08. The van der Waals surface area contributed by atoms with Crippen LogP contribution in [0.2, 0.25) is 0 Å². The maximum atomic E-state index is 12.4. The third-order valence-corrected chi connectivity index (χ3v) is 4.08. The number of phenolic OH excluding ortho intramolecular Hbond substituents is 1. The van der Waals surface area contributed by atoms with E-state index < -0.39 is 0 Å². The van der Waals surface area contributed by atoms with Gasteiger partial charge in [-0.25, -0.2) is 0 Å². The molecular formula is C22H22O5. The van der Waals surface area contributed by atoms with Gasteiger partial charge in [-0.05, 0) is 55.8 Å². The Bertz CT molecular complexity index is 909. The molecule has 0 atom stereocenters. The summed E-state index contributed by atoms with van der Waals surface area (Å²) in [6.07, 6.45) is 7.16. The van der Waals surface area contributed by atoms with Crippen molar-refractivity contribution >= 4 is 17.9 Å². The van der Waals surface area contributed by atoms with Crippen molar-refractivity contribution in [3.05, 3.63) is 65.2 Å². The number of carbonyl (C=O) groups excluding carboxylic acids is 1. The standard InChI is InChI=1S/C22H22O5/c1-22(2)11-10-16-12-15(5-9-21(16)27-22)4-8-19(23)18-7-6-17(13-20(18)24)26-14-25-3/h4-13,24H,14H2,1-3H3/b8-4+. The Hall–Kier alpha value is -3.05. The number of ketones is 1. The summed E-state index contributed by atoms with van der Waals surface area (Å²) in [7, 11) is 1.51. The Morgan fingerprint density at radius 1 is 1.22 bits per heavy atom. The van der Waals surface area contributed by atoms with Crippen molar-refractivity contribution in [2.45, 2.75) is 19.4 Å². The first-order valence-electron chi connectivity index (χ1n) is 8.57. The molecule has 27 heavy (non-hydrogen) atoms. The monoisotopic (exact) mass is 366 g/mol. The number of hydrogen-bond acceptors (Lipinski definition) is 5. The molecule has 0 spiro atoms. The van der Waals surface area contributed by atoms with Crippen LogP contribution < -0.4 is 9.47 Å². The van der Waals surface area contributed by atoms with Gasteiger partial charge in [-0.2, -0.15) is 0 Å². The lowest BCUT2D eigenvalue weighted by molar-refractivity contribution is 0.0510. The Morgan fingerprint density at radius 3 is 2.78 bits per heavy atom. The fourth-order valence-electron chi connectivity index (χ4n) is 2.70. The molecule has 5 nitrogen and oxygen atoms in total. The number of benzene rings is 2. The highest BCUT2D eigenvalue weighted by Crippen LogP contribution is 2.31. The number of allylic oxidation sites excluding steroid dienone is 1. The predicted molar refractivity (Wildman–Crippen MR) is 104 cm³/mol. The molecule has 2 aromatic rings. The lowest BCUT2D eigenvalue weighted by Crippen LogP contribution is -2.27. The first-order chi connectivity index (χ1) is 12.9. The van der Waals surface area contributed by atoms with Gasteiger partial charge in [-0.3, -0.25) is 4.79 Å². The Balaban J connectivity index is 1.74. The van der Waals surface area contributed by atoms with Crippen LogP contribution in [0, 0.1) is 0 Å². The van der Waals surface area contributed by atoms with Crippen LogP contribution in [0.4, 0.5) is 0 Å². The van der Waals surface area contributed by atoms with Gasteiger partial charge in [0.15, 0.2) is 12.6 Å². The fourth-order valence-corrected chi connectivity index (χ4v) is 2.70. The van der Waals surface area contributed by atoms with Crippen LogP contribution in [0.25, 0.3) is 12.2 Å². The van der Waals surface area contributed by atoms with Gasteiger partial charge in [-0.15, -0.1) is 0 Å². The number of fused-ring (bicyclic) bond motifs is 1. The number of methoxy groups -OCH3 is 1. The van der Waals surface area contributed by atoms with Crippen molar-refractivity contribution in [3.8, 4) is 17.2 Å².